The summed E-state index contributed by atoms with van der Waals surface area (Å²) in [6.07, 6.45) is 0. The van der Waals surface area contributed by atoms with Gasteiger partial charge in [0, 0.05) is 31.2 Å². The molecule has 0 N–H and O–H groups in total. The summed E-state index contributed by atoms with van der Waals surface area (Å²) in [5, 5.41) is 0.582. The van der Waals surface area contributed by atoms with E-state index in [9.17, 15) is 9.59 Å². The highest BCUT2D eigenvalue weighted by Gasteiger charge is 2.32. The Morgan fingerprint density at radius 3 is 2.41 bits per heavy atom. The van der Waals surface area contributed by atoms with E-state index >= 15 is 0 Å². The van der Waals surface area contributed by atoms with E-state index in [0.717, 1.165) is 11.4 Å². The average Bonchev–Trinajstić information content (AvgIpc) is 2.93. The molecule has 4 aromatic rings. The van der Waals surface area contributed by atoms with Crippen LogP contribution in [-0.2, 0) is 0 Å². The molecule has 2 heterocycles. The van der Waals surface area contributed by atoms with E-state index in [1.807, 2.05) is 90.7 Å². The van der Waals surface area contributed by atoms with Gasteiger partial charge in [0.1, 0.15) is 11.6 Å². The molecule has 37 heavy (non-hydrogen) atoms. The first-order chi connectivity index (χ1) is 18.0. The first-order valence-electron chi connectivity index (χ1n) is 12.8. The number of amides is 1. The van der Waals surface area contributed by atoms with Gasteiger partial charge in [0.15, 0.2) is 0 Å². The zero-order valence-corrected chi connectivity index (χ0v) is 21.5. The molecule has 5 rings (SSSR count). The van der Waals surface area contributed by atoms with Crippen molar-refractivity contribution >= 4 is 16.8 Å². The van der Waals surface area contributed by atoms with E-state index in [4.69, 9.17) is 9.72 Å². The minimum atomic E-state index is -0.139. The van der Waals surface area contributed by atoms with Crippen molar-refractivity contribution in [3.05, 3.63) is 101 Å². The maximum absolute atomic E-state index is 13.7. The Labute approximate surface area is 216 Å². The largest absolute Gasteiger partial charge is 0.494 e. The van der Waals surface area contributed by atoms with Gasteiger partial charge < -0.3 is 9.64 Å². The lowest BCUT2D eigenvalue weighted by molar-refractivity contribution is 0.0394. The van der Waals surface area contributed by atoms with E-state index in [2.05, 4.69) is 18.7 Å². The second-order valence-electron chi connectivity index (χ2n) is 9.44. The number of hydrogen-bond donors (Lipinski definition) is 0. The van der Waals surface area contributed by atoms with Crippen LogP contribution in [0.3, 0.4) is 0 Å². The Kier molecular flexibility index (Phi) is 7.06. The van der Waals surface area contributed by atoms with Gasteiger partial charge in [0.25, 0.3) is 11.5 Å². The molecule has 1 aromatic heterocycles. The Balaban J connectivity index is 1.48. The highest BCUT2D eigenvalue weighted by Crippen LogP contribution is 2.26. The number of piperazine rings is 1. The SMILES string of the molecule is CCOc1ccc(-n2c(C(C)N3CCN(C(=O)c4ccccc4)C(C)C3)nc3ccccc3c2=O)cc1. The minimum Gasteiger partial charge on any atom is -0.494 e. The summed E-state index contributed by atoms with van der Waals surface area (Å²) in [5.74, 6) is 1.49. The molecule has 2 atom stereocenters. The molecule has 0 spiro atoms. The van der Waals surface area contributed by atoms with Crippen molar-refractivity contribution < 1.29 is 9.53 Å². The molecule has 1 fully saturated rings. The lowest BCUT2D eigenvalue weighted by Gasteiger charge is -2.42. The van der Waals surface area contributed by atoms with Gasteiger partial charge in [0.2, 0.25) is 0 Å². The van der Waals surface area contributed by atoms with Crippen LogP contribution in [-0.4, -0.2) is 57.5 Å². The third kappa shape index (κ3) is 4.87. The molecule has 2 unspecified atom stereocenters. The van der Waals surface area contributed by atoms with Gasteiger partial charge in [-0.3, -0.25) is 19.1 Å². The third-order valence-electron chi connectivity index (χ3n) is 7.07. The lowest BCUT2D eigenvalue weighted by Crippen LogP contribution is -2.54. The zero-order chi connectivity index (χ0) is 25.9. The van der Waals surface area contributed by atoms with E-state index in [0.29, 0.717) is 48.5 Å². The predicted molar refractivity (Wildman–Crippen MR) is 145 cm³/mol. The summed E-state index contributed by atoms with van der Waals surface area (Å²) in [7, 11) is 0. The van der Waals surface area contributed by atoms with Gasteiger partial charge in [-0.1, -0.05) is 30.3 Å². The van der Waals surface area contributed by atoms with Crippen LogP contribution >= 0.6 is 0 Å². The van der Waals surface area contributed by atoms with Crippen molar-refractivity contribution in [2.75, 3.05) is 26.2 Å². The van der Waals surface area contributed by atoms with Crippen LogP contribution in [0.1, 0.15) is 43.0 Å². The quantitative estimate of drug-likeness (QED) is 0.387. The number of rotatable bonds is 6. The molecule has 7 nitrogen and oxygen atoms in total. The second kappa shape index (κ2) is 10.6. The fourth-order valence-corrected chi connectivity index (χ4v) is 5.09. The van der Waals surface area contributed by atoms with Gasteiger partial charge in [-0.05, 0) is 69.3 Å². The number of hydrogen-bond acceptors (Lipinski definition) is 5. The van der Waals surface area contributed by atoms with Crippen LogP contribution < -0.4 is 10.3 Å². The molecular weight excluding hydrogens is 464 g/mol. The normalized spacial score (nSPS) is 17.1. The summed E-state index contributed by atoms with van der Waals surface area (Å²) >= 11 is 0. The fourth-order valence-electron chi connectivity index (χ4n) is 5.09. The number of carbonyl (C=O) groups excluding carboxylic acids is 1. The molecule has 1 aliphatic heterocycles. The first kappa shape index (κ1) is 24.7. The van der Waals surface area contributed by atoms with Gasteiger partial charge in [0.05, 0.1) is 29.2 Å². The maximum atomic E-state index is 13.7. The molecule has 7 heteroatoms. The first-order valence-corrected chi connectivity index (χ1v) is 12.8. The van der Waals surface area contributed by atoms with Gasteiger partial charge >= 0.3 is 0 Å². The van der Waals surface area contributed by atoms with Crippen molar-refractivity contribution in [2.45, 2.75) is 32.9 Å². The molecule has 0 radical (unpaired) electrons. The molecule has 3 aromatic carbocycles. The molecule has 0 saturated carbocycles. The number of fused-ring (bicyclic) bond motifs is 1. The summed E-state index contributed by atoms with van der Waals surface area (Å²) in [6, 6.07) is 24.3. The van der Waals surface area contributed by atoms with Crippen molar-refractivity contribution in [1.29, 1.82) is 0 Å². The number of ether oxygens (including phenoxy) is 1. The second-order valence-corrected chi connectivity index (χ2v) is 9.44. The standard InChI is InChI=1S/C30H32N4O3/c1-4-37-25-16-14-24(15-17-25)34-28(31-27-13-9-8-12-26(27)30(34)36)22(3)32-18-19-33(21(2)20-32)29(35)23-10-6-5-7-11-23/h5-17,21-22H,4,18-20H2,1-3H3. The molecule has 1 amide bonds. The van der Waals surface area contributed by atoms with Crippen molar-refractivity contribution in [1.82, 2.24) is 19.4 Å². The number of benzene rings is 3. The summed E-state index contributed by atoms with van der Waals surface area (Å²) in [4.78, 5) is 36.1. The Hall–Kier alpha value is -3.97. The van der Waals surface area contributed by atoms with Gasteiger partial charge in [-0.2, -0.15) is 0 Å². The van der Waals surface area contributed by atoms with E-state index in [1.54, 1.807) is 4.57 Å². The third-order valence-corrected chi connectivity index (χ3v) is 7.07. The van der Waals surface area contributed by atoms with E-state index in [-0.39, 0.29) is 23.6 Å². The molecule has 0 bridgehead atoms. The van der Waals surface area contributed by atoms with Crippen molar-refractivity contribution in [2.24, 2.45) is 0 Å². The Morgan fingerprint density at radius 2 is 1.70 bits per heavy atom. The Morgan fingerprint density at radius 1 is 1.00 bits per heavy atom. The minimum absolute atomic E-state index is 0.0232. The van der Waals surface area contributed by atoms with Crippen molar-refractivity contribution in [3.8, 4) is 11.4 Å². The maximum Gasteiger partial charge on any atom is 0.266 e. The topological polar surface area (TPSA) is 67.7 Å². The Bertz CT molecular complexity index is 1450. The summed E-state index contributed by atoms with van der Waals surface area (Å²) in [5.41, 5.74) is 2.04. The smallest absolute Gasteiger partial charge is 0.266 e. The van der Waals surface area contributed by atoms with Crippen LogP contribution in [0, 0.1) is 0 Å². The highest BCUT2D eigenvalue weighted by atomic mass is 16.5. The fraction of sp³-hybridized carbons (Fsp3) is 0.300. The van der Waals surface area contributed by atoms with Crippen LogP contribution in [0.5, 0.6) is 5.75 Å². The number of aromatic nitrogens is 2. The van der Waals surface area contributed by atoms with Gasteiger partial charge in [-0.25, -0.2) is 4.98 Å². The van der Waals surface area contributed by atoms with Crippen LogP contribution in [0.2, 0.25) is 0 Å². The average molecular weight is 497 g/mol. The van der Waals surface area contributed by atoms with E-state index < -0.39 is 0 Å². The summed E-state index contributed by atoms with van der Waals surface area (Å²) in [6.45, 7) is 8.67. The molecule has 190 valence electrons. The van der Waals surface area contributed by atoms with Crippen LogP contribution in [0.15, 0.2) is 83.7 Å². The number of nitrogens with zero attached hydrogens (tertiary/aromatic N) is 4. The highest BCUT2D eigenvalue weighted by molar-refractivity contribution is 5.94. The van der Waals surface area contributed by atoms with Crippen LogP contribution in [0.25, 0.3) is 16.6 Å². The molecule has 1 saturated heterocycles. The number of carbonyl (C=O) groups is 1. The van der Waals surface area contributed by atoms with E-state index in [1.165, 1.54) is 0 Å². The van der Waals surface area contributed by atoms with Gasteiger partial charge in [-0.15, -0.1) is 0 Å². The monoisotopic (exact) mass is 496 g/mol. The molecular formula is C30H32N4O3. The predicted octanol–water partition coefficient (Wildman–Crippen LogP) is 4.69. The molecule has 0 aliphatic carbocycles. The number of para-hydroxylation sites is 1. The van der Waals surface area contributed by atoms with Crippen molar-refractivity contribution in [3.63, 3.8) is 0 Å². The zero-order valence-electron chi connectivity index (χ0n) is 21.5. The summed E-state index contributed by atoms with van der Waals surface area (Å²) < 4.78 is 7.32. The molecule has 1 aliphatic rings. The van der Waals surface area contributed by atoms with Crippen LogP contribution in [0.4, 0.5) is 0 Å². The lowest BCUT2D eigenvalue weighted by atomic mass is 10.1.